The first-order valence-electron chi connectivity index (χ1n) is 7.04. The Morgan fingerprint density at radius 3 is 2.70 bits per heavy atom. The molecule has 1 aromatic rings. The van der Waals surface area contributed by atoms with E-state index in [0.717, 1.165) is 17.8 Å². The van der Waals surface area contributed by atoms with Crippen molar-refractivity contribution < 1.29 is 4.92 Å². The zero-order chi connectivity index (χ0) is 14.9. The van der Waals surface area contributed by atoms with Crippen LogP contribution in [0.4, 0.5) is 11.4 Å². The summed E-state index contributed by atoms with van der Waals surface area (Å²) in [6.07, 6.45) is 1.25. The monoisotopic (exact) mass is 340 g/mol. The number of nitrogens with zero attached hydrogens (tertiary/aromatic N) is 2. The first-order valence-corrected chi connectivity index (χ1v) is 8.16. The highest BCUT2D eigenvalue weighted by molar-refractivity contribution is 9.08. The Labute approximate surface area is 128 Å². The number of hydrogen-bond donors (Lipinski definition) is 0. The van der Waals surface area contributed by atoms with Gasteiger partial charge in [-0.15, -0.1) is 0 Å². The average molecular weight is 341 g/mol. The minimum Gasteiger partial charge on any atom is -0.368 e. The van der Waals surface area contributed by atoms with E-state index in [1.807, 2.05) is 12.1 Å². The molecule has 0 amide bonds. The summed E-state index contributed by atoms with van der Waals surface area (Å²) in [4.78, 5) is 13.1. The summed E-state index contributed by atoms with van der Waals surface area (Å²) >= 11 is 3.35. The Morgan fingerprint density at radius 2 is 2.10 bits per heavy atom. The molecule has 3 unspecified atom stereocenters. The summed E-state index contributed by atoms with van der Waals surface area (Å²) < 4.78 is 0. The lowest BCUT2D eigenvalue weighted by molar-refractivity contribution is -0.385. The van der Waals surface area contributed by atoms with Crippen LogP contribution in [0.3, 0.4) is 0 Å². The van der Waals surface area contributed by atoms with Crippen molar-refractivity contribution in [2.45, 2.75) is 38.6 Å². The number of nitro benzene ring substituents is 1. The second-order valence-electron chi connectivity index (χ2n) is 5.91. The Morgan fingerprint density at radius 1 is 1.40 bits per heavy atom. The van der Waals surface area contributed by atoms with Crippen LogP contribution in [0.5, 0.6) is 0 Å². The summed E-state index contributed by atoms with van der Waals surface area (Å²) in [7, 11) is 0. The zero-order valence-electron chi connectivity index (χ0n) is 12.2. The predicted octanol–water partition coefficient (Wildman–Crippen LogP) is 4.36. The van der Waals surface area contributed by atoms with Crippen LogP contribution in [0.2, 0.25) is 0 Å². The van der Waals surface area contributed by atoms with E-state index < -0.39 is 0 Å². The van der Waals surface area contributed by atoms with Crippen molar-refractivity contribution in [1.82, 2.24) is 0 Å². The van der Waals surface area contributed by atoms with Crippen molar-refractivity contribution in [3.8, 4) is 0 Å². The summed E-state index contributed by atoms with van der Waals surface area (Å²) in [6, 6.07) is 5.93. The Balaban J connectivity index is 2.34. The first kappa shape index (κ1) is 15.3. The van der Waals surface area contributed by atoms with E-state index in [1.165, 1.54) is 6.42 Å². The molecule has 0 spiro atoms. The van der Waals surface area contributed by atoms with E-state index in [-0.39, 0.29) is 10.6 Å². The molecule has 0 bridgehead atoms. The maximum absolute atomic E-state index is 11.0. The smallest absolute Gasteiger partial charge is 0.273 e. The predicted molar refractivity (Wildman–Crippen MR) is 85.5 cm³/mol. The number of nitro groups is 1. The Hall–Kier alpha value is -1.10. The van der Waals surface area contributed by atoms with Crippen LogP contribution < -0.4 is 4.90 Å². The maximum atomic E-state index is 11.0. The highest BCUT2D eigenvalue weighted by atomic mass is 79.9. The van der Waals surface area contributed by atoms with E-state index in [4.69, 9.17) is 0 Å². The number of alkyl halides is 1. The average Bonchev–Trinajstić information content (AvgIpc) is 2.41. The van der Waals surface area contributed by atoms with E-state index in [9.17, 15) is 10.1 Å². The largest absolute Gasteiger partial charge is 0.368 e. The number of anilines is 1. The van der Waals surface area contributed by atoms with Crippen molar-refractivity contribution >= 4 is 27.3 Å². The molecule has 1 heterocycles. The summed E-state index contributed by atoms with van der Waals surface area (Å²) in [6.45, 7) is 7.81. The fraction of sp³-hybridized carbons (Fsp3) is 0.600. The summed E-state index contributed by atoms with van der Waals surface area (Å²) in [5, 5.41) is 11.5. The standard InChI is InChI=1S/C15H21BrN2O2/c1-10-6-11(2)12(3)17(9-10)14-4-5-15(18(19)20)13(7-14)8-16/h4-5,7,10-12H,6,8-9H2,1-3H3. The third kappa shape index (κ3) is 2.97. The fourth-order valence-corrected chi connectivity index (χ4v) is 3.54. The SMILES string of the molecule is CC1CC(C)C(C)N(c2ccc([N+](=O)[O-])c(CBr)c2)C1. The molecule has 2 rings (SSSR count). The summed E-state index contributed by atoms with van der Waals surface area (Å²) in [5.74, 6) is 1.30. The third-order valence-electron chi connectivity index (χ3n) is 4.33. The molecule has 0 aromatic heterocycles. The van der Waals surface area contributed by atoms with Crippen LogP contribution in [0, 0.1) is 22.0 Å². The molecule has 1 aliphatic heterocycles. The van der Waals surface area contributed by atoms with Gasteiger partial charge in [0.05, 0.1) is 4.92 Å². The lowest BCUT2D eigenvalue weighted by Gasteiger charge is -2.42. The molecular formula is C15H21BrN2O2. The molecule has 3 atom stereocenters. The van der Waals surface area contributed by atoms with Crippen molar-refractivity contribution in [3.63, 3.8) is 0 Å². The first-order chi connectivity index (χ1) is 9.43. The van der Waals surface area contributed by atoms with Crippen LogP contribution in [-0.2, 0) is 5.33 Å². The van der Waals surface area contributed by atoms with Gasteiger partial charge in [-0.3, -0.25) is 10.1 Å². The van der Waals surface area contributed by atoms with Gasteiger partial charge in [0.15, 0.2) is 0 Å². The van der Waals surface area contributed by atoms with Crippen molar-refractivity contribution in [2.75, 3.05) is 11.4 Å². The van der Waals surface area contributed by atoms with Crippen LogP contribution in [0.25, 0.3) is 0 Å². The lowest BCUT2D eigenvalue weighted by Crippen LogP contribution is -2.45. The van der Waals surface area contributed by atoms with Crippen molar-refractivity contribution in [3.05, 3.63) is 33.9 Å². The molecular weight excluding hydrogens is 320 g/mol. The molecule has 110 valence electrons. The van der Waals surface area contributed by atoms with Gasteiger partial charge in [0.1, 0.15) is 0 Å². The van der Waals surface area contributed by atoms with E-state index in [1.54, 1.807) is 6.07 Å². The second kappa shape index (κ2) is 6.12. The Kier molecular flexibility index (Phi) is 4.68. The minimum absolute atomic E-state index is 0.191. The molecule has 1 aromatic carbocycles. The number of hydrogen-bond acceptors (Lipinski definition) is 3. The molecule has 4 nitrogen and oxygen atoms in total. The van der Waals surface area contributed by atoms with Gasteiger partial charge in [0, 0.05) is 35.2 Å². The van der Waals surface area contributed by atoms with Gasteiger partial charge in [-0.2, -0.15) is 0 Å². The number of rotatable bonds is 3. The number of halogens is 1. The van der Waals surface area contributed by atoms with Gasteiger partial charge in [-0.05, 0) is 37.3 Å². The van der Waals surface area contributed by atoms with Gasteiger partial charge in [0.2, 0.25) is 0 Å². The minimum atomic E-state index is -0.314. The molecule has 1 aliphatic rings. The van der Waals surface area contributed by atoms with E-state index >= 15 is 0 Å². The van der Waals surface area contributed by atoms with Crippen LogP contribution in [0.1, 0.15) is 32.8 Å². The Bertz CT molecular complexity index is 507. The fourth-order valence-electron chi connectivity index (χ4n) is 3.09. The molecule has 1 saturated heterocycles. The van der Waals surface area contributed by atoms with Crippen molar-refractivity contribution in [2.24, 2.45) is 11.8 Å². The van der Waals surface area contributed by atoms with Crippen LogP contribution in [0.15, 0.2) is 18.2 Å². The molecule has 0 N–H and O–H groups in total. The molecule has 20 heavy (non-hydrogen) atoms. The van der Waals surface area contributed by atoms with Crippen LogP contribution in [-0.4, -0.2) is 17.5 Å². The van der Waals surface area contributed by atoms with Crippen LogP contribution >= 0.6 is 15.9 Å². The quantitative estimate of drug-likeness (QED) is 0.466. The molecule has 0 aliphatic carbocycles. The molecule has 5 heteroatoms. The van der Waals surface area contributed by atoms with Gasteiger partial charge in [0.25, 0.3) is 5.69 Å². The van der Waals surface area contributed by atoms with Gasteiger partial charge >= 0.3 is 0 Å². The number of benzene rings is 1. The van der Waals surface area contributed by atoms with Gasteiger partial charge in [-0.25, -0.2) is 0 Å². The lowest BCUT2D eigenvalue weighted by atomic mass is 9.85. The molecule has 0 radical (unpaired) electrons. The topological polar surface area (TPSA) is 46.4 Å². The highest BCUT2D eigenvalue weighted by Crippen LogP contribution is 2.34. The summed E-state index contributed by atoms with van der Waals surface area (Å²) in [5.41, 5.74) is 2.03. The van der Waals surface area contributed by atoms with Gasteiger partial charge < -0.3 is 4.90 Å². The second-order valence-corrected chi connectivity index (χ2v) is 6.48. The van der Waals surface area contributed by atoms with Gasteiger partial charge in [-0.1, -0.05) is 29.8 Å². The normalized spacial score (nSPS) is 26.6. The van der Waals surface area contributed by atoms with Crippen molar-refractivity contribution in [1.29, 1.82) is 0 Å². The third-order valence-corrected chi connectivity index (χ3v) is 4.94. The maximum Gasteiger partial charge on any atom is 0.273 e. The number of piperidine rings is 1. The molecule has 1 fully saturated rings. The molecule has 0 saturated carbocycles. The highest BCUT2D eigenvalue weighted by Gasteiger charge is 2.29. The van der Waals surface area contributed by atoms with E-state index in [0.29, 0.717) is 23.2 Å². The zero-order valence-corrected chi connectivity index (χ0v) is 13.8. The van der Waals surface area contributed by atoms with E-state index in [2.05, 4.69) is 41.6 Å².